The van der Waals surface area contributed by atoms with Crippen LogP contribution in [-0.4, -0.2) is 59.8 Å². The Morgan fingerprint density at radius 1 is 1.16 bits per heavy atom. The van der Waals surface area contributed by atoms with Crippen molar-refractivity contribution in [2.24, 2.45) is 5.92 Å². The second kappa shape index (κ2) is 10.2. The normalized spacial score (nSPS) is 19.8. The molecule has 4 rings (SSSR count). The molecule has 172 valence electrons. The van der Waals surface area contributed by atoms with Crippen LogP contribution < -0.4 is 10.1 Å². The van der Waals surface area contributed by atoms with Crippen molar-refractivity contribution in [1.29, 1.82) is 0 Å². The van der Waals surface area contributed by atoms with Crippen molar-refractivity contribution in [2.45, 2.75) is 50.8 Å². The maximum atomic E-state index is 12.9. The van der Waals surface area contributed by atoms with E-state index in [1.54, 1.807) is 30.3 Å². The number of nitrogens with zero attached hydrogens (tertiary/aromatic N) is 3. The Balaban J connectivity index is 1.31. The topological polar surface area (TPSA) is 85.7 Å². The Morgan fingerprint density at radius 3 is 2.59 bits per heavy atom. The van der Waals surface area contributed by atoms with Crippen LogP contribution in [0.15, 0.2) is 36.7 Å². The fourth-order valence-electron chi connectivity index (χ4n) is 4.73. The first-order valence-electron chi connectivity index (χ1n) is 11.4. The van der Waals surface area contributed by atoms with Crippen molar-refractivity contribution >= 4 is 11.8 Å². The van der Waals surface area contributed by atoms with E-state index in [9.17, 15) is 9.59 Å². The van der Waals surface area contributed by atoms with Crippen LogP contribution in [0.5, 0.6) is 5.75 Å². The van der Waals surface area contributed by atoms with Crippen molar-refractivity contribution in [1.82, 2.24) is 20.0 Å². The van der Waals surface area contributed by atoms with Crippen LogP contribution in [0.1, 0.15) is 54.1 Å². The third-order valence-corrected chi connectivity index (χ3v) is 6.51. The summed E-state index contributed by atoms with van der Waals surface area (Å²) in [5.41, 5.74) is 1.37. The van der Waals surface area contributed by atoms with Crippen molar-refractivity contribution in [3.05, 3.63) is 47.8 Å². The number of aromatic nitrogens is 2. The summed E-state index contributed by atoms with van der Waals surface area (Å²) in [5, 5.41) is 7.43. The molecule has 0 spiro atoms. The Kier molecular flexibility index (Phi) is 7.09. The van der Waals surface area contributed by atoms with Crippen molar-refractivity contribution in [3.63, 3.8) is 0 Å². The fraction of sp³-hybridized carbons (Fsp3) is 0.542. The molecular weight excluding hydrogens is 408 g/mol. The van der Waals surface area contributed by atoms with E-state index in [0.717, 1.165) is 17.9 Å². The van der Waals surface area contributed by atoms with Crippen LogP contribution in [-0.2, 0) is 16.1 Å². The van der Waals surface area contributed by atoms with Crippen LogP contribution in [0.2, 0.25) is 0 Å². The van der Waals surface area contributed by atoms with Crippen LogP contribution in [0.25, 0.3) is 0 Å². The monoisotopic (exact) mass is 440 g/mol. The molecule has 2 aliphatic rings. The number of amides is 2. The molecule has 8 nitrogen and oxygen atoms in total. The zero-order chi connectivity index (χ0) is 22.5. The zero-order valence-corrected chi connectivity index (χ0v) is 18.8. The number of hydrogen-bond donors (Lipinski definition) is 1. The van der Waals surface area contributed by atoms with E-state index in [1.807, 2.05) is 23.0 Å². The molecule has 1 aromatic heterocycles. The first-order valence-corrected chi connectivity index (χ1v) is 11.4. The van der Waals surface area contributed by atoms with Gasteiger partial charge in [0.05, 0.1) is 18.9 Å². The molecule has 2 heterocycles. The van der Waals surface area contributed by atoms with Gasteiger partial charge in [0.1, 0.15) is 5.75 Å². The number of likely N-dealkylation sites (tertiary alicyclic amines) is 1. The number of rotatable bonds is 8. The number of ether oxygens (including phenoxy) is 2. The van der Waals surface area contributed by atoms with Gasteiger partial charge < -0.3 is 19.7 Å². The van der Waals surface area contributed by atoms with Gasteiger partial charge in [-0.25, -0.2) is 0 Å². The van der Waals surface area contributed by atoms with Gasteiger partial charge in [-0.1, -0.05) is 25.0 Å². The van der Waals surface area contributed by atoms with Crippen LogP contribution in [0, 0.1) is 5.92 Å². The van der Waals surface area contributed by atoms with Crippen molar-refractivity contribution < 1.29 is 19.1 Å². The summed E-state index contributed by atoms with van der Waals surface area (Å²) in [4.78, 5) is 27.5. The number of benzene rings is 1. The molecule has 2 atom stereocenters. The Labute approximate surface area is 188 Å². The van der Waals surface area contributed by atoms with E-state index in [0.29, 0.717) is 31.0 Å². The van der Waals surface area contributed by atoms with Gasteiger partial charge in [-0.05, 0) is 42.9 Å². The molecule has 0 radical (unpaired) electrons. The van der Waals surface area contributed by atoms with E-state index in [1.165, 1.54) is 32.8 Å². The lowest BCUT2D eigenvalue weighted by Crippen LogP contribution is -2.41. The molecule has 2 fully saturated rings. The third kappa shape index (κ3) is 5.12. The number of nitrogens with one attached hydrogen (secondary N) is 1. The predicted molar refractivity (Wildman–Crippen MR) is 119 cm³/mol. The zero-order valence-electron chi connectivity index (χ0n) is 18.8. The lowest BCUT2D eigenvalue weighted by molar-refractivity contribution is -0.132. The molecule has 32 heavy (non-hydrogen) atoms. The van der Waals surface area contributed by atoms with E-state index < -0.39 is 6.10 Å². The number of carbonyl (C=O) groups is 2. The van der Waals surface area contributed by atoms with Gasteiger partial charge in [0.25, 0.3) is 11.8 Å². The largest absolute Gasteiger partial charge is 0.497 e. The summed E-state index contributed by atoms with van der Waals surface area (Å²) in [5.74, 6) is 1.16. The smallest absolute Gasteiger partial charge is 0.257 e. The average molecular weight is 441 g/mol. The van der Waals surface area contributed by atoms with Crippen LogP contribution in [0.4, 0.5) is 0 Å². The van der Waals surface area contributed by atoms with Gasteiger partial charge in [-0.2, -0.15) is 5.10 Å². The maximum absolute atomic E-state index is 12.9. The summed E-state index contributed by atoms with van der Waals surface area (Å²) in [7, 11) is 3.12. The first-order chi connectivity index (χ1) is 15.6. The van der Waals surface area contributed by atoms with Crippen LogP contribution in [0.3, 0.4) is 0 Å². The third-order valence-electron chi connectivity index (χ3n) is 6.51. The Morgan fingerprint density at radius 2 is 1.91 bits per heavy atom. The molecule has 8 heteroatoms. The van der Waals surface area contributed by atoms with Gasteiger partial charge in [-0.3, -0.25) is 14.3 Å². The minimum Gasteiger partial charge on any atom is -0.497 e. The molecule has 1 N–H and O–H groups in total. The van der Waals surface area contributed by atoms with E-state index in [2.05, 4.69) is 10.4 Å². The summed E-state index contributed by atoms with van der Waals surface area (Å²) < 4.78 is 12.5. The van der Waals surface area contributed by atoms with Gasteiger partial charge in [0.15, 0.2) is 6.10 Å². The summed E-state index contributed by atoms with van der Waals surface area (Å²) in [6.07, 6.45) is 8.60. The minimum atomic E-state index is -0.709. The lowest BCUT2D eigenvalue weighted by Gasteiger charge is -2.20. The van der Waals surface area contributed by atoms with Gasteiger partial charge >= 0.3 is 0 Å². The second-order valence-corrected chi connectivity index (χ2v) is 8.74. The van der Waals surface area contributed by atoms with Crippen molar-refractivity contribution in [3.8, 4) is 5.75 Å². The van der Waals surface area contributed by atoms with Gasteiger partial charge in [0.2, 0.25) is 0 Å². The van der Waals surface area contributed by atoms with Crippen molar-refractivity contribution in [2.75, 3.05) is 27.3 Å². The van der Waals surface area contributed by atoms with E-state index in [4.69, 9.17) is 9.47 Å². The number of carbonyl (C=O) groups excluding carboxylic acids is 2. The molecule has 0 bridgehead atoms. The van der Waals surface area contributed by atoms with Gasteiger partial charge in [-0.15, -0.1) is 0 Å². The van der Waals surface area contributed by atoms with E-state index in [-0.39, 0.29) is 17.9 Å². The highest BCUT2D eigenvalue weighted by Gasteiger charge is 2.31. The molecule has 1 unspecified atom stereocenters. The quantitative estimate of drug-likeness (QED) is 0.682. The first kappa shape index (κ1) is 22.3. The van der Waals surface area contributed by atoms with Gasteiger partial charge in [0, 0.05) is 39.0 Å². The lowest BCUT2D eigenvalue weighted by atomic mass is 10.1. The highest BCUT2D eigenvalue weighted by Crippen LogP contribution is 2.26. The summed E-state index contributed by atoms with van der Waals surface area (Å²) in [6, 6.07) is 7.14. The summed E-state index contributed by atoms with van der Waals surface area (Å²) >= 11 is 0. The SMILES string of the molecule is COc1ccc(C(OC)C(=O)N[C@@H]2CCN(C(=O)c3cnn(CC4CCCC4)c3)C2)cc1. The number of methoxy groups -OCH3 is 2. The minimum absolute atomic E-state index is 0.0298. The highest BCUT2D eigenvalue weighted by atomic mass is 16.5. The standard InChI is InChI=1S/C24H32N4O4/c1-31-21-9-7-18(8-10-21)22(32-2)23(29)26-20-11-12-27(16-20)24(30)19-13-25-28(15-19)14-17-5-3-4-6-17/h7-10,13,15,17,20,22H,3-6,11-12,14,16H2,1-2H3,(H,26,29)/t20-,22?/m1/s1. The molecule has 1 saturated carbocycles. The van der Waals surface area contributed by atoms with Crippen LogP contribution >= 0.6 is 0 Å². The predicted octanol–water partition coefficient (Wildman–Crippen LogP) is 2.80. The fourth-order valence-corrected chi connectivity index (χ4v) is 4.73. The Hall–Kier alpha value is -2.87. The molecule has 2 aromatic rings. The second-order valence-electron chi connectivity index (χ2n) is 8.74. The molecule has 1 aromatic carbocycles. The Bertz CT molecular complexity index is 920. The average Bonchev–Trinajstić information content (AvgIpc) is 3.57. The highest BCUT2D eigenvalue weighted by molar-refractivity contribution is 5.94. The molecule has 1 saturated heterocycles. The number of hydrogen-bond acceptors (Lipinski definition) is 5. The maximum Gasteiger partial charge on any atom is 0.257 e. The molecule has 1 aliphatic carbocycles. The molecular formula is C24H32N4O4. The molecule has 1 aliphatic heterocycles. The van der Waals surface area contributed by atoms with E-state index >= 15 is 0 Å². The summed E-state index contributed by atoms with van der Waals surface area (Å²) in [6.45, 7) is 1.98. The molecule has 2 amide bonds.